The molecule has 0 aliphatic rings. The minimum Gasteiger partial charge on any atom is -0.393 e. The first-order valence-electron chi connectivity index (χ1n) is 6.55. The smallest absolute Gasteiger partial charge is 0.320 e. The van der Waals surface area contributed by atoms with Gasteiger partial charge in [-0.15, -0.1) is 0 Å². The highest BCUT2D eigenvalue weighted by Crippen LogP contribution is 2.09. The molecule has 0 aromatic carbocycles. The standard InChI is InChI=1S/C14H23N3O2/c1-9-5-11(3)16-13(7-9)17-14(19)15-8-10(2)6-12(4)18/h5,7,10,12,18H,6,8H2,1-4H3,(H2,15,16,17,19)/t10-,12-/m0/s1. The van der Waals surface area contributed by atoms with Crippen LogP contribution in [0.4, 0.5) is 10.6 Å². The van der Waals surface area contributed by atoms with Crippen LogP contribution in [0.15, 0.2) is 12.1 Å². The Labute approximate surface area is 114 Å². The molecule has 0 aliphatic carbocycles. The highest BCUT2D eigenvalue weighted by atomic mass is 16.3. The number of amides is 2. The second kappa shape index (κ2) is 7.09. The average molecular weight is 265 g/mol. The first-order chi connectivity index (χ1) is 8.86. The maximum Gasteiger partial charge on any atom is 0.320 e. The molecule has 1 heterocycles. The molecule has 5 nitrogen and oxygen atoms in total. The number of aliphatic hydroxyl groups excluding tert-OH is 1. The highest BCUT2D eigenvalue weighted by molar-refractivity contribution is 5.88. The van der Waals surface area contributed by atoms with Gasteiger partial charge in [0, 0.05) is 12.2 Å². The lowest BCUT2D eigenvalue weighted by Crippen LogP contribution is -2.33. The zero-order valence-corrected chi connectivity index (χ0v) is 12.0. The van der Waals surface area contributed by atoms with Gasteiger partial charge >= 0.3 is 6.03 Å². The zero-order chi connectivity index (χ0) is 14.4. The van der Waals surface area contributed by atoms with E-state index < -0.39 is 0 Å². The SMILES string of the molecule is Cc1cc(C)nc(NC(=O)NC[C@@H](C)C[C@H](C)O)c1. The molecule has 0 fully saturated rings. The number of carbonyl (C=O) groups is 1. The predicted molar refractivity (Wildman–Crippen MR) is 76.2 cm³/mol. The first-order valence-corrected chi connectivity index (χ1v) is 6.55. The van der Waals surface area contributed by atoms with Gasteiger partial charge in [0.25, 0.3) is 0 Å². The fourth-order valence-electron chi connectivity index (χ4n) is 2.00. The van der Waals surface area contributed by atoms with Crippen molar-refractivity contribution in [3.05, 3.63) is 23.4 Å². The molecule has 2 atom stereocenters. The van der Waals surface area contributed by atoms with Gasteiger partial charge in [0.1, 0.15) is 5.82 Å². The van der Waals surface area contributed by atoms with Crippen molar-refractivity contribution in [1.29, 1.82) is 0 Å². The molecule has 1 aromatic rings. The van der Waals surface area contributed by atoms with Crippen LogP contribution in [-0.2, 0) is 0 Å². The minimum absolute atomic E-state index is 0.234. The number of anilines is 1. The molecule has 0 saturated heterocycles. The third kappa shape index (κ3) is 6.20. The zero-order valence-electron chi connectivity index (χ0n) is 12.0. The van der Waals surface area contributed by atoms with Crippen LogP contribution in [0.1, 0.15) is 31.5 Å². The van der Waals surface area contributed by atoms with Gasteiger partial charge in [0.15, 0.2) is 0 Å². The van der Waals surface area contributed by atoms with Gasteiger partial charge < -0.3 is 10.4 Å². The fourth-order valence-corrected chi connectivity index (χ4v) is 2.00. The van der Waals surface area contributed by atoms with E-state index in [4.69, 9.17) is 0 Å². The molecule has 0 radical (unpaired) electrons. The molecule has 1 aromatic heterocycles. The van der Waals surface area contributed by atoms with Crippen LogP contribution in [0.25, 0.3) is 0 Å². The molecule has 0 spiro atoms. The largest absolute Gasteiger partial charge is 0.393 e. The van der Waals surface area contributed by atoms with Crippen molar-refractivity contribution in [2.75, 3.05) is 11.9 Å². The van der Waals surface area contributed by atoms with E-state index in [1.54, 1.807) is 6.92 Å². The Balaban J connectivity index is 2.42. The number of nitrogens with one attached hydrogen (secondary N) is 2. The number of carbonyl (C=O) groups excluding carboxylic acids is 1. The maximum absolute atomic E-state index is 11.7. The average Bonchev–Trinajstić information content (AvgIpc) is 2.23. The lowest BCUT2D eigenvalue weighted by molar-refractivity contribution is 0.163. The molecule has 1 rings (SSSR count). The van der Waals surface area contributed by atoms with Crippen LogP contribution in [-0.4, -0.2) is 28.8 Å². The summed E-state index contributed by atoms with van der Waals surface area (Å²) in [5, 5.41) is 14.7. The van der Waals surface area contributed by atoms with E-state index in [0.717, 1.165) is 11.3 Å². The van der Waals surface area contributed by atoms with Crippen LogP contribution >= 0.6 is 0 Å². The number of aliphatic hydroxyl groups is 1. The van der Waals surface area contributed by atoms with Gasteiger partial charge in [-0.05, 0) is 50.8 Å². The van der Waals surface area contributed by atoms with E-state index in [9.17, 15) is 9.90 Å². The second-order valence-electron chi connectivity index (χ2n) is 5.20. The normalized spacial score (nSPS) is 13.7. The second-order valence-corrected chi connectivity index (χ2v) is 5.20. The van der Waals surface area contributed by atoms with Crippen LogP contribution < -0.4 is 10.6 Å². The van der Waals surface area contributed by atoms with E-state index in [-0.39, 0.29) is 18.1 Å². The number of nitrogens with zero attached hydrogens (tertiary/aromatic N) is 1. The first kappa shape index (κ1) is 15.4. The minimum atomic E-state index is -0.346. The summed E-state index contributed by atoms with van der Waals surface area (Å²) in [4.78, 5) is 15.9. The Bertz CT molecular complexity index is 412. The van der Waals surface area contributed by atoms with Crippen molar-refractivity contribution in [2.45, 2.75) is 40.2 Å². The molecule has 0 saturated carbocycles. The van der Waals surface area contributed by atoms with Crippen LogP contribution in [0.2, 0.25) is 0 Å². The van der Waals surface area contributed by atoms with E-state index in [1.165, 1.54) is 0 Å². The highest BCUT2D eigenvalue weighted by Gasteiger charge is 2.09. The fraction of sp³-hybridized carbons (Fsp3) is 0.571. The molecule has 5 heteroatoms. The summed E-state index contributed by atoms with van der Waals surface area (Å²) in [7, 11) is 0. The summed E-state index contributed by atoms with van der Waals surface area (Å²) in [6, 6.07) is 3.51. The molecule has 0 bridgehead atoms. The van der Waals surface area contributed by atoms with Gasteiger partial charge in [-0.3, -0.25) is 5.32 Å². The Kier molecular flexibility index (Phi) is 5.76. The van der Waals surface area contributed by atoms with E-state index in [1.807, 2.05) is 32.9 Å². The van der Waals surface area contributed by atoms with Crippen molar-refractivity contribution in [3.63, 3.8) is 0 Å². The van der Waals surface area contributed by atoms with Crippen molar-refractivity contribution < 1.29 is 9.90 Å². The van der Waals surface area contributed by atoms with E-state index in [0.29, 0.717) is 18.8 Å². The molecule has 2 amide bonds. The quantitative estimate of drug-likeness (QED) is 0.764. The summed E-state index contributed by atoms with van der Waals surface area (Å²) < 4.78 is 0. The van der Waals surface area contributed by atoms with E-state index in [2.05, 4.69) is 15.6 Å². The lowest BCUT2D eigenvalue weighted by atomic mass is 10.1. The molecule has 106 valence electrons. The van der Waals surface area contributed by atoms with Crippen molar-refractivity contribution in [2.24, 2.45) is 5.92 Å². The van der Waals surface area contributed by atoms with Gasteiger partial charge in [-0.2, -0.15) is 0 Å². The van der Waals surface area contributed by atoms with Crippen LogP contribution in [0.3, 0.4) is 0 Å². The summed E-state index contributed by atoms with van der Waals surface area (Å²) in [5.74, 6) is 0.788. The summed E-state index contributed by atoms with van der Waals surface area (Å²) in [6.07, 6.45) is 0.322. The Morgan fingerprint density at radius 3 is 2.63 bits per heavy atom. The predicted octanol–water partition coefficient (Wildman–Crippen LogP) is 2.23. The third-order valence-electron chi connectivity index (χ3n) is 2.69. The Hall–Kier alpha value is -1.62. The van der Waals surface area contributed by atoms with E-state index >= 15 is 0 Å². The molecular formula is C14H23N3O2. The van der Waals surface area contributed by atoms with Crippen LogP contribution in [0, 0.1) is 19.8 Å². The molecule has 0 aliphatic heterocycles. The van der Waals surface area contributed by atoms with Crippen molar-refractivity contribution >= 4 is 11.8 Å². The number of rotatable bonds is 5. The molecular weight excluding hydrogens is 242 g/mol. The molecule has 3 N–H and O–H groups in total. The summed E-state index contributed by atoms with van der Waals surface area (Å²) in [6.45, 7) is 8.11. The monoisotopic (exact) mass is 265 g/mol. The number of urea groups is 1. The Morgan fingerprint density at radius 1 is 1.37 bits per heavy atom. The number of pyridine rings is 1. The topological polar surface area (TPSA) is 74.2 Å². The van der Waals surface area contributed by atoms with Gasteiger partial charge in [-0.1, -0.05) is 6.92 Å². The number of hydrogen-bond acceptors (Lipinski definition) is 3. The number of aromatic nitrogens is 1. The van der Waals surface area contributed by atoms with Crippen LogP contribution in [0.5, 0.6) is 0 Å². The van der Waals surface area contributed by atoms with Crippen molar-refractivity contribution in [3.8, 4) is 0 Å². The summed E-state index contributed by atoms with van der Waals surface area (Å²) >= 11 is 0. The van der Waals surface area contributed by atoms with Crippen molar-refractivity contribution in [1.82, 2.24) is 10.3 Å². The molecule has 19 heavy (non-hydrogen) atoms. The third-order valence-corrected chi connectivity index (χ3v) is 2.69. The number of hydrogen-bond donors (Lipinski definition) is 3. The van der Waals surface area contributed by atoms with Gasteiger partial charge in [-0.25, -0.2) is 9.78 Å². The van der Waals surface area contributed by atoms with Gasteiger partial charge in [0.05, 0.1) is 6.10 Å². The molecule has 0 unspecified atom stereocenters. The number of aryl methyl sites for hydroxylation is 2. The lowest BCUT2D eigenvalue weighted by Gasteiger charge is -2.14. The Morgan fingerprint density at radius 2 is 2.05 bits per heavy atom. The maximum atomic E-state index is 11.7. The summed E-state index contributed by atoms with van der Waals surface area (Å²) in [5.41, 5.74) is 1.93. The van der Waals surface area contributed by atoms with Gasteiger partial charge in [0.2, 0.25) is 0 Å².